The van der Waals surface area contributed by atoms with Crippen LogP contribution >= 0.6 is 11.3 Å². The van der Waals surface area contributed by atoms with Gasteiger partial charge in [0.2, 0.25) is 0 Å². The number of hydrogen-bond donors (Lipinski definition) is 1. The lowest BCUT2D eigenvalue weighted by molar-refractivity contribution is 0.0565. The SMILES string of the molecule is OC(c1ccccc1)C1CCN(Cc2csc(C3CC3)n2)CC1. The quantitative estimate of drug-likeness (QED) is 0.902. The van der Waals surface area contributed by atoms with Crippen molar-refractivity contribution < 1.29 is 5.11 Å². The first kappa shape index (κ1) is 15.3. The molecule has 1 aromatic carbocycles. The standard InChI is InChI=1S/C19H24N2OS/c22-18(14-4-2-1-3-5-14)15-8-10-21(11-9-15)12-17-13-23-19(20-17)16-6-7-16/h1-5,13,15-16,18,22H,6-12H2. The Kier molecular flexibility index (Phi) is 4.47. The molecule has 4 rings (SSSR count). The minimum absolute atomic E-state index is 0.320. The molecule has 1 aliphatic carbocycles. The summed E-state index contributed by atoms with van der Waals surface area (Å²) < 4.78 is 0. The summed E-state index contributed by atoms with van der Waals surface area (Å²) in [6.07, 6.45) is 4.47. The number of likely N-dealkylation sites (tertiary alicyclic amines) is 1. The van der Waals surface area contributed by atoms with Crippen molar-refractivity contribution in [3.8, 4) is 0 Å². The molecule has 1 atom stereocenters. The maximum absolute atomic E-state index is 10.6. The van der Waals surface area contributed by atoms with Crippen LogP contribution in [0.5, 0.6) is 0 Å². The topological polar surface area (TPSA) is 36.4 Å². The molecule has 2 heterocycles. The highest BCUT2D eigenvalue weighted by atomic mass is 32.1. The van der Waals surface area contributed by atoms with E-state index in [2.05, 4.69) is 10.3 Å². The zero-order chi connectivity index (χ0) is 15.6. The first-order chi connectivity index (χ1) is 11.3. The molecule has 2 aromatic rings. The summed E-state index contributed by atoms with van der Waals surface area (Å²) in [6.45, 7) is 3.09. The van der Waals surface area contributed by atoms with Gasteiger partial charge in [-0.2, -0.15) is 0 Å². The summed E-state index contributed by atoms with van der Waals surface area (Å²) >= 11 is 1.83. The summed E-state index contributed by atoms with van der Waals surface area (Å²) in [7, 11) is 0. The number of aliphatic hydroxyl groups is 1. The van der Waals surface area contributed by atoms with E-state index in [1.807, 2.05) is 41.7 Å². The van der Waals surface area contributed by atoms with E-state index in [1.165, 1.54) is 23.5 Å². The maximum Gasteiger partial charge on any atom is 0.0959 e. The zero-order valence-electron chi connectivity index (χ0n) is 13.4. The average molecular weight is 328 g/mol. The number of piperidine rings is 1. The van der Waals surface area contributed by atoms with Crippen LogP contribution in [0.3, 0.4) is 0 Å². The zero-order valence-corrected chi connectivity index (χ0v) is 14.2. The van der Waals surface area contributed by atoms with Crippen LogP contribution in [0, 0.1) is 5.92 Å². The molecule has 0 radical (unpaired) electrons. The summed E-state index contributed by atoms with van der Waals surface area (Å²) in [5.74, 6) is 1.15. The van der Waals surface area contributed by atoms with Gasteiger partial charge in [-0.25, -0.2) is 4.98 Å². The molecule has 0 spiro atoms. The van der Waals surface area contributed by atoms with Crippen molar-refractivity contribution in [3.05, 3.63) is 52.0 Å². The Hall–Kier alpha value is -1.23. The van der Waals surface area contributed by atoms with Crippen LogP contribution in [0.15, 0.2) is 35.7 Å². The van der Waals surface area contributed by atoms with Gasteiger partial charge in [0.1, 0.15) is 0 Å². The van der Waals surface area contributed by atoms with Crippen molar-refractivity contribution in [1.82, 2.24) is 9.88 Å². The molecule has 3 nitrogen and oxygen atoms in total. The van der Waals surface area contributed by atoms with Gasteiger partial charge < -0.3 is 5.11 Å². The molecule has 0 amide bonds. The molecule has 1 saturated heterocycles. The average Bonchev–Trinajstić information content (AvgIpc) is 3.36. The van der Waals surface area contributed by atoms with Gasteiger partial charge in [0.05, 0.1) is 16.8 Å². The van der Waals surface area contributed by atoms with Crippen molar-refractivity contribution in [2.75, 3.05) is 13.1 Å². The van der Waals surface area contributed by atoms with E-state index in [1.54, 1.807) is 0 Å². The van der Waals surface area contributed by atoms with Gasteiger partial charge in [-0.15, -0.1) is 11.3 Å². The second-order valence-corrected chi connectivity index (χ2v) is 7.81. The molecular weight excluding hydrogens is 304 g/mol. The molecular formula is C19H24N2OS. The van der Waals surface area contributed by atoms with Crippen molar-refractivity contribution in [1.29, 1.82) is 0 Å². The molecule has 2 fully saturated rings. The largest absolute Gasteiger partial charge is 0.388 e. The summed E-state index contributed by atoms with van der Waals surface area (Å²) in [5, 5.41) is 14.1. The fraction of sp³-hybridized carbons (Fsp3) is 0.526. The summed E-state index contributed by atoms with van der Waals surface area (Å²) in [4.78, 5) is 7.28. The monoisotopic (exact) mass is 328 g/mol. The number of nitrogens with zero attached hydrogens (tertiary/aromatic N) is 2. The molecule has 4 heteroatoms. The van der Waals surface area contributed by atoms with Gasteiger partial charge >= 0.3 is 0 Å². The highest BCUT2D eigenvalue weighted by molar-refractivity contribution is 7.09. The normalized spacial score (nSPS) is 21.4. The number of aromatic nitrogens is 1. The smallest absolute Gasteiger partial charge is 0.0959 e. The second-order valence-electron chi connectivity index (χ2n) is 6.92. The number of aliphatic hydroxyl groups excluding tert-OH is 1. The number of benzene rings is 1. The minimum atomic E-state index is -0.320. The number of hydrogen-bond acceptors (Lipinski definition) is 4. The molecule has 23 heavy (non-hydrogen) atoms. The van der Waals surface area contributed by atoms with E-state index in [9.17, 15) is 5.11 Å². The Labute approximate surface area is 142 Å². The van der Waals surface area contributed by atoms with Gasteiger partial charge in [-0.3, -0.25) is 4.90 Å². The lowest BCUT2D eigenvalue weighted by Crippen LogP contribution is -2.35. The molecule has 1 N–H and O–H groups in total. The third-order valence-corrected chi connectivity index (χ3v) is 6.16. The third-order valence-electron chi connectivity index (χ3n) is 5.10. The Morgan fingerprint density at radius 2 is 1.87 bits per heavy atom. The summed E-state index contributed by atoms with van der Waals surface area (Å²) in [5.41, 5.74) is 2.29. The fourth-order valence-corrected chi connectivity index (χ4v) is 4.47. The van der Waals surface area contributed by atoms with E-state index in [0.29, 0.717) is 5.92 Å². The van der Waals surface area contributed by atoms with Crippen molar-refractivity contribution in [2.45, 2.75) is 44.2 Å². The van der Waals surface area contributed by atoms with Gasteiger partial charge in [0.15, 0.2) is 0 Å². The third kappa shape index (κ3) is 3.65. The Balaban J connectivity index is 1.30. The lowest BCUT2D eigenvalue weighted by atomic mass is 9.87. The van der Waals surface area contributed by atoms with Crippen molar-refractivity contribution in [2.24, 2.45) is 5.92 Å². The predicted octanol–water partition coefficient (Wildman–Crippen LogP) is 3.97. The van der Waals surface area contributed by atoms with E-state index < -0.39 is 0 Å². The van der Waals surface area contributed by atoms with E-state index in [4.69, 9.17) is 4.98 Å². The van der Waals surface area contributed by atoms with E-state index >= 15 is 0 Å². The molecule has 1 aliphatic heterocycles. The molecule has 1 aromatic heterocycles. The maximum atomic E-state index is 10.6. The van der Waals surface area contributed by atoms with Crippen molar-refractivity contribution >= 4 is 11.3 Å². The van der Waals surface area contributed by atoms with Crippen LogP contribution in [0.2, 0.25) is 0 Å². The molecule has 2 aliphatic rings. The van der Waals surface area contributed by atoms with Crippen LogP contribution in [0.25, 0.3) is 0 Å². The Morgan fingerprint density at radius 1 is 1.13 bits per heavy atom. The van der Waals surface area contributed by atoms with Gasteiger partial charge in [0.25, 0.3) is 0 Å². The van der Waals surface area contributed by atoms with E-state index in [0.717, 1.165) is 44.0 Å². The Morgan fingerprint density at radius 3 is 2.57 bits per heavy atom. The van der Waals surface area contributed by atoms with E-state index in [-0.39, 0.29) is 6.10 Å². The number of thiazole rings is 1. The second kappa shape index (κ2) is 6.71. The molecule has 122 valence electrons. The van der Waals surface area contributed by atoms with Gasteiger partial charge in [-0.05, 0) is 50.3 Å². The Bertz CT molecular complexity index is 630. The predicted molar refractivity (Wildman–Crippen MR) is 93.5 cm³/mol. The lowest BCUT2D eigenvalue weighted by Gasteiger charge is -2.34. The van der Waals surface area contributed by atoms with Crippen LogP contribution in [0.4, 0.5) is 0 Å². The van der Waals surface area contributed by atoms with Crippen molar-refractivity contribution in [3.63, 3.8) is 0 Å². The number of rotatable bonds is 5. The molecule has 0 bridgehead atoms. The summed E-state index contributed by atoms with van der Waals surface area (Å²) in [6, 6.07) is 10.1. The molecule has 1 unspecified atom stereocenters. The minimum Gasteiger partial charge on any atom is -0.388 e. The highest BCUT2D eigenvalue weighted by Gasteiger charge is 2.28. The van der Waals surface area contributed by atoms with Crippen LogP contribution in [-0.2, 0) is 6.54 Å². The first-order valence-electron chi connectivity index (χ1n) is 8.69. The molecule has 1 saturated carbocycles. The first-order valence-corrected chi connectivity index (χ1v) is 9.57. The van der Waals surface area contributed by atoms with Crippen LogP contribution < -0.4 is 0 Å². The van der Waals surface area contributed by atoms with Gasteiger partial charge in [0, 0.05) is 17.8 Å². The van der Waals surface area contributed by atoms with Crippen LogP contribution in [-0.4, -0.2) is 28.1 Å². The van der Waals surface area contributed by atoms with Crippen LogP contribution in [0.1, 0.15) is 54.0 Å². The highest BCUT2D eigenvalue weighted by Crippen LogP contribution is 2.41. The van der Waals surface area contributed by atoms with Gasteiger partial charge in [-0.1, -0.05) is 30.3 Å². The fourth-order valence-electron chi connectivity index (χ4n) is 3.49.